The van der Waals surface area contributed by atoms with Crippen molar-refractivity contribution in [3.8, 4) is 6.07 Å². The van der Waals surface area contributed by atoms with Crippen molar-refractivity contribution in [2.24, 2.45) is 5.92 Å². The Balaban J connectivity index is 2.77. The monoisotopic (exact) mass is 380 g/mol. The minimum absolute atomic E-state index is 0.0935. The van der Waals surface area contributed by atoms with Crippen LogP contribution in [-0.4, -0.2) is 28.0 Å². The molecule has 0 radical (unpaired) electrons. The van der Waals surface area contributed by atoms with Crippen molar-refractivity contribution in [2.75, 3.05) is 5.32 Å². The molecule has 1 rings (SSSR count). The van der Waals surface area contributed by atoms with Gasteiger partial charge in [0.25, 0.3) is 5.91 Å². The van der Waals surface area contributed by atoms with Crippen LogP contribution in [0.15, 0.2) is 34.6 Å². The molecule has 0 saturated carbocycles. The van der Waals surface area contributed by atoms with Crippen molar-refractivity contribution in [1.82, 2.24) is 10.3 Å². The van der Waals surface area contributed by atoms with Crippen molar-refractivity contribution in [3.05, 3.63) is 34.6 Å². The van der Waals surface area contributed by atoms with Gasteiger partial charge in [0, 0.05) is 16.9 Å². The first-order valence-corrected chi connectivity index (χ1v) is 7.64. The van der Waals surface area contributed by atoms with Gasteiger partial charge < -0.3 is 15.7 Å². The number of hydrogen-bond donors (Lipinski definition) is 3. The zero-order valence-corrected chi connectivity index (χ0v) is 14.3. The fourth-order valence-electron chi connectivity index (χ4n) is 1.68. The molecule has 1 amide bonds. The summed E-state index contributed by atoms with van der Waals surface area (Å²) in [7, 11) is 0. The van der Waals surface area contributed by atoms with Gasteiger partial charge in [0.15, 0.2) is 0 Å². The molecule has 0 aliphatic heterocycles. The van der Waals surface area contributed by atoms with Gasteiger partial charge in [0.05, 0.1) is 0 Å². The van der Waals surface area contributed by atoms with E-state index in [1.807, 2.05) is 13.8 Å². The standard InChI is InChI=1S/C15H17BrN4O3/c1-9(2)5-12(15(22)23)20-14(21)10(6-17)7-18-13-4-3-11(16)8-19-13/h3-4,7-9,12H,5H2,1-2H3,(H,18,19)(H,20,21)(H,22,23)/b10-7-. The van der Waals surface area contributed by atoms with Gasteiger partial charge in [-0.25, -0.2) is 9.78 Å². The molecular weight excluding hydrogens is 364 g/mol. The van der Waals surface area contributed by atoms with E-state index in [4.69, 9.17) is 10.4 Å². The zero-order valence-electron chi connectivity index (χ0n) is 12.7. The number of aromatic nitrogens is 1. The van der Waals surface area contributed by atoms with Crippen molar-refractivity contribution in [3.63, 3.8) is 0 Å². The van der Waals surface area contributed by atoms with Gasteiger partial charge in [-0.05, 0) is 40.4 Å². The minimum atomic E-state index is -1.13. The van der Waals surface area contributed by atoms with Crippen LogP contribution in [0.3, 0.4) is 0 Å². The molecule has 0 bridgehead atoms. The third-order valence-corrected chi connectivity index (χ3v) is 3.24. The number of carbonyl (C=O) groups is 2. The minimum Gasteiger partial charge on any atom is -0.480 e. The molecule has 0 aliphatic rings. The van der Waals surface area contributed by atoms with Crippen molar-refractivity contribution in [2.45, 2.75) is 26.3 Å². The van der Waals surface area contributed by atoms with E-state index in [1.54, 1.807) is 24.4 Å². The summed E-state index contributed by atoms with van der Waals surface area (Å²) < 4.78 is 0.795. The molecule has 1 atom stereocenters. The maximum atomic E-state index is 12.0. The first-order valence-electron chi connectivity index (χ1n) is 6.85. The Morgan fingerprint density at radius 3 is 2.65 bits per heavy atom. The molecule has 1 unspecified atom stereocenters. The summed E-state index contributed by atoms with van der Waals surface area (Å²) in [6.07, 6.45) is 3.03. The van der Waals surface area contributed by atoms with Gasteiger partial charge in [-0.1, -0.05) is 13.8 Å². The quantitative estimate of drug-likeness (QED) is 0.493. The number of anilines is 1. The number of pyridine rings is 1. The number of aliphatic carboxylic acids is 1. The lowest BCUT2D eigenvalue weighted by Gasteiger charge is -2.16. The molecule has 122 valence electrons. The normalized spacial score (nSPS) is 12.4. The van der Waals surface area contributed by atoms with E-state index in [2.05, 4.69) is 31.5 Å². The van der Waals surface area contributed by atoms with Crippen LogP contribution in [0.25, 0.3) is 0 Å². The van der Waals surface area contributed by atoms with E-state index in [9.17, 15) is 9.59 Å². The Hall–Kier alpha value is -2.40. The lowest BCUT2D eigenvalue weighted by Crippen LogP contribution is -2.42. The van der Waals surface area contributed by atoms with E-state index in [0.29, 0.717) is 5.82 Å². The third kappa shape index (κ3) is 6.48. The fraction of sp³-hybridized carbons (Fsp3) is 0.333. The van der Waals surface area contributed by atoms with Gasteiger partial charge in [-0.2, -0.15) is 5.26 Å². The largest absolute Gasteiger partial charge is 0.480 e. The topological polar surface area (TPSA) is 115 Å². The molecule has 1 aromatic heterocycles. The summed E-state index contributed by atoms with van der Waals surface area (Å²) in [6.45, 7) is 3.70. The highest BCUT2D eigenvalue weighted by Crippen LogP contribution is 2.11. The van der Waals surface area contributed by atoms with E-state index in [0.717, 1.165) is 4.47 Å². The van der Waals surface area contributed by atoms with Crippen molar-refractivity contribution < 1.29 is 14.7 Å². The van der Waals surface area contributed by atoms with Crippen molar-refractivity contribution >= 4 is 33.6 Å². The third-order valence-electron chi connectivity index (χ3n) is 2.77. The smallest absolute Gasteiger partial charge is 0.326 e. The SMILES string of the molecule is CC(C)CC(NC(=O)/C(C#N)=C\Nc1ccc(Br)cn1)C(=O)O. The average molecular weight is 381 g/mol. The summed E-state index contributed by atoms with van der Waals surface area (Å²) in [5.74, 6) is -1.33. The number of halogens is 1. The molecule has 0 aromatic carbocycles. The van der Waals surface area contributed by atoms with Gasteiger partial charge in [-0.15, -0.1) is 0 Å². The van der Waals surface area contributed by atoms with Gasteiger partial charge in [-0.3, -0.25) is 4.79 Å². The molecule has 3 N–H and O–H groups in total. The fourth-order valence-corrected chi connectivity index (χ4v) is 1.92. The highest BCUT2D eigenvalue weighted by molar-refractivity contribution is 9.10. The maximum absolute atomic E-state index is 12.0. The lowest BCUT2D eigenvalue weighted by molar-refractivity contribution is -0.141. The summed E-state index contributed by atoms with van der Waals surface area (Å²) in [6, 6.07) is 4.11. The number of rotatable bonds is 7. The summed E-state index contributed by atoms with van der Waals surface area (Å²) in [4.78, 5) is 27.2. The van der Waals surface area contributed by atoms with Crippen LogP contribution in [0.2, 0.25) is 0 Å². The van der Waals surface area contributed by atoms with Crippen LogP contribution >= 0.6 is 15.9 Å². The molecule has 8 heteroatoms. The summed E-state index contributed by atoms with van der Waals surface area (Å²) >= 11 is 3.24. The Morgan fingerprint density at radius 1 is 1.48 bits per heavy atom. The molecule has 23 heavy (non-hydrogen) atoms. The Morgan fingerprint density at radius 2 is 2.17 bits per heavy atom. The molecular formula is C15H17BrN4O3. The highest BCUT2D eigenvalue weighted by Gasteiger charge is 2.22. The number of amides is 1. The van der Waals surface area contributed by atoms with Crippen LogP contribution in [0.5, 0.6) is 0 Å². The van der Waals surface area contributed by atoms with Gasteiger partial charge in [0.2, 0.25) is 0 Å². The lowest BCUT2D eigenvalue weighted by atomic mass is 10.0. The van der Waals surface area contributed by atoms with E-state index in [-0.39, 0.29) is 17.9 Å². The van der Waals surface area contributed by atoms with Gasteiger partial charge in [0.1, 0.15) is 23.5 Å². The van der Waals surface area contributed by atoms with Crippen molar-refractivity contribution in [1.29, 1.82) is 5.26 Å². The van der Waals surface area contributed by atoms with E-state index < -0.39 is 17.9 Å². The predicted octanol–water partition coefficient (Wildman–Crippen LogP) is 2.28. The van der Waals surface area contributed by atoms with Crippen LogP contribution < -0.4 is 10.6 Å². The van der Waals surface area contributed by atoms with E-state index in [1.165, 1.54) is 6.20 Å². The van der Waals surface area contributed by atoms with Crippen LogP contribution in [0, 0.1) is 17.2 Å². The second kappa shape index (κ2) is 8.90. The molecule has 7 nitrogen and oxygen atoms in total. The number of carbonyl (C=O) groups excluding carboxylic acids is 1. The predicted molar refractivity (Wildman–Crippen MR) is 88.3 cm³/mol. The number of nitriles is 1. The Kier molecular flexibility index (Phi) is 7.22. The molecule has 0 aliphatic carbocycles. The second-order valence-corrected chi connectivity index (χ2v) is 6.09. The number of nitrogens with zero attached hydrogens (tertiary/aromatic N) is 2. The highest BCUT2D eigenvalue weighted by atomic mass is 79.9. The molecule has 1 aromatic rings. The first-order chi connectivity index (χ1) is 10.8. The average Bonchev–Trinajstić information content (AvgIpc) is 2.48. The Labute approximate surface area is 142 Å². The number of hydrogen-bond acceptors (Lipinski definition) is 5. The number of nitrogens with one attached hydrogen (secondary N) is 2. The number of carboxylic acids is 1. The van der Waals surface area contributed by atoms with Crippen LogP contribution in [0.4, 0.5) is 5.82 Å². The summed E-state index contributed by atoms with van der Waals surface area (Å²) in [5.41, 5.74) is -0.232. The Bertz CT molecular complexity index is 635. The number of carboxylic acid groups (broad SMARTS) is 1. The van der Waals surface area contributed by atoms with Crippen LogP contribution in [0.1, 0.15) is 20.3 Å². The van der Waals surface area contributed by atoms with Crippen LogP contribution in [-0.2, 0) is 9.59 Å². The van der Waals surface area contributed by atoms with E-state index >= 15 is 0 Å². The molecule has 1 heterocycles. The zero-order chi connectivity index (χ0) is 17.4. The second-order valence-electron chi connectivity index (χ2n) is 5.17. The molecule has 0 fully saturated rings. The maximum Gasteiger partial charge on any atom is 0.326 e. The molecule has 0 saturated heterocycles. The molecule has 0 spiro atoms. The van der Waals surface area contributed by atoms with Gasteiger partial charge >= 0.3 is 5.97 Å². The summed E-state index contributed by atoms with van der Waals surface area (Å²) in [5, 5.41) is 23.2. The first kappa shape index (κ1) is 18.6.